The number of nitrogens with zero attached hydrogens (tertiary/aromatic N) is 2. The molecule has 2 aromatic rings. The van der Waals surface area contributed by atoms with Gasteiger partial charge in [-0.3, -0.25) is 19.4 Å². The van der Waals surface area contributed by atoms with Crippen LogP contribution in [0.1, 0.15) is 50.5 Å². The van der Waals surface area contributed by atoms with Gasteiger partial charge in [0.15, 0.2) is 0 Å². The van der Waals surface area contributed by atoms with E-state index >= 15 is 0 Å². The van der Waals surface area contributed by atoms with Crippen LogP contribution >= 0.6 is 0 Å². The number of nitrogens with one attached hydrogen (secondary N) is 3. The number of ether oxygens (including phenoxy) is 1. The van der Waals surface area contributed by atoms with Crippen molar-refractivity contribution in [1.29, 1.82) is 0 Å². The summed E-state index contributed by atoms with van der Waals surface area (Å²) < 4.78 is 5.12. The Balaban J connectivity index is 1.63. The number of H-pyrrole nitrogens is 1. The first-order valence-electron chi connectivity index (χ1n) is 10.7. The van der Waals surface area contributed by atoms with Crippen LogP contribution in [0.25, 0.3) is 0 Å². The van der Waals surface area contributed by atoms with E-state index in [9.17, 15) is 14.4 Å². The van der Waals surface area contributed by atoms with Crippen LogP contribution in [-0.4, -0.2) is 41.5 Å². The van der Waals surface area contributed by atoms with Gasteiger partial charge in [-0.05, 0) is 49.9 Å². The molecule has 0 bridgehead atoms. The van der Waals surface area contributed by atoms with E-state index < -0.39 is 17.4 Å². The van der Waals surface area contributed by atoms with Crippen LogP contribution in [0.4, 0.5) is 17.5 Å². The van der Waals surface area contributed by atoms with Crippen molar-refractivity contribution in [3.8, 4) is 5.75 Å². The smallest absolute Gasteiger partial charge is 0.258 e. The molecule has 9 heteroatoms. The molecule has 0 radical (unpaired) electrons. The molecule has 2 atom stereocenters. The highest BCUT2D eigenvalue weighted by atomic mass is 16.5. The van der Waals surface area contributed by atoms with Crippen molar-refractivity contribution in [3.05, 3.63) is 40.2 Å². The molecule has 1 aromatic heterocycles. The molecule has 2 aliphatic rings. The van der Waals surface area contributed by atoms with Crippen molar-refractivity contribution in [3.63, 3.8) is 0 Å². The molecule has 31 heavy (non-hydrogen) atoms. The predicted molar refractivity (Wildman–Crippen MR) is 118 cm³/mol. The number of anilines is 3. The summed E-state index contributed by atoms with van der Waals surface area (Å²) in [5, 5.41) is 5.46. The molecule has 0 spiro atoms. The number of hydrogen-bond acceptors (Lipinski definition) is 6. The van der Waals surface area contributed by atoms with Crippen molar-refractivity contribution in [2.45, 2.75) is 51.0 Å². The van der Waals surface area contributed by atoms with Crippen LogP contribution in [0.2, 0.25) is 0 Å². The Kier molecular flexibility index (Phi) is 5.92. The number of aromatic amines is 1. The highest BCUT2D eigenvalue weighted by molar-refractivity contribution is 6.04. The van der Waals surface area contributed by atoms with Gasteiger partial charge in [0.1, 0.15) is 11.6 Å². The van der Waals surface area contributed by atoms with Gasteiger partial charge in [-0.1, -0.05) is 6.92 Å². The van der Waals surface area contributed by atoms with Gasteiger partial charge in [0.05, 0.1) is 18.6 Å². The van der Waals surface area contributed by atoms with E-state index in [0.717, 1.165) is 32.2 Å². The maximum Gasteiger partial charge on any atom is 0.258 e. The first-order valence-corrected chi connectivity index (χ1v) is 10.7. The molecule has 0 unspecified atom stereocenters. The minimum Gasteiger partial charge on any atom is -0.497 e. The molecule has 1 saturated heterocycles. The summed E-state index contributed by atoms with van der Waals surface area (Å²) in [6.07, 6.45) is 4.04. The number of carbonyl (C=O) groups is 2. The second-order valence-corrected chi connectivity index (χ2v) is 7.93. The minimum absolute atomic E-state index is 0.111. The Morgan fingerprint density at radius 3 is 2.74 bits per heavy atom. The van der Waals surface area contributed by atoms with E-state index in [4.69, 9.17) is 4.74 Å². The molecule has 0 saturated carbocycles. The van der Waals surface area contributed by atoms with Gasteiger partial charge in [0, 0.05) is 24.7 Å². The van der Waals surface area contributed by atoms with Crippen molar-refractivity contribution in [1.82, 2.24) is 9.97 Å². The predicted octanol–water partition coefficient (Wildman–Crippen LogP) is 2.61. The highest BCUT2D eigenvalue weighted by Gasteiger charge is 2.35. The summed E-state index contributed by atoms with van der Waals surface area (Å²) in [7, 11) is 1.56. The fourth-order valence-electron chi connectivity index (χ4n) is 4.33. The second kappa shape index (κ2) is 8.79. The quantitative estimate of drug-likeness (QED) is 0.678. The van der Waals surface area contributed by atoms with Crippen LogP contribution in [0.5, 0.6) is 5.75 Å². The zero-order valence-electron chi connectivity index (χ0n) is 17.7. The Hall–Kier alpha value is -3.36. The van der Waals surface area contributed by atoms with Crippen molar-refractivity contribution < 1.29 is 14.3 Å². The molecular formula is C22H27N5O4. The first-order chi connectivity index (χ1) is 15.0. The van der Waals surface area contributed by atoms with Crippen LogP contribution in [0, 0.1) is 0 Å². The van der Waals surface area contributed by atoms with Crippen LogP contribution < -0.4 is 25.8 Å². The molecule has 1 aromatic carbocycles. The summed E-state index contributed by atoms with van der Waals surface area (Å²) in [6.45, 7) is 2.91. The lowest BCUT2D eigenvalue weighted by atomic mass is 9.92. The zero-order valence-corrected chi connectivity index (χ0v) is 17.7. The molecule has 1 fully saturated rings. The average molecular weight is 425 g/mol. The van der Waals surface area contributed by atoms with Crippen molar-refractivity contribution in [2.75, 3.05) is 29.2 Å². The van der Waals surface area contributed by atoms with Gasteiger partial charge < -0.3 is 20.3 Å². The summed E-state index contributed by atoms with van der Waals surface area (Å²) in [5.41, 5.74) is 0.355. The van der Waals surface area contributed by atoms with E-state index in [-0.39, 0.29) is 23.7 Å². The third-order valence-electron chi connectivity index (χ3n) is 5.98. The molecule has 2 aliphatic heterocycles. The van der Waals surface area contributed by atoms with Gasteiger partial charge in [-0.15, -0.1) is 0 Å². The summed E-state index contributed by atoms with van der Waals surface area (Å²) >= 11 is 0. The average Bonchev–Trinajstić information content (AvgIpc) is 2.78. The van der Waals surface area contributed by atoms with Gasteiger partial charge in [0.25, 0.3) is 5.56 Å². The second-order valence-electron chi connectivity index (χ2n) is 7.93. The van der Waals surface area contributed by atoms with Crippen molar-refractivity contribution in [2.24, 2.45) is 0 Å². The van der Waals surface area contributed by atoms with E-state index in [1.54, 1.807) is 31.4 Å². The molecule has 2 amide bonds. The lowest BCUT2D eigenvalue weighted by Gasteiger charge is -2.36. The molecule has 3 N–H and O–H groups in total. The number of rotatable bonds is 5. The summed E-state index contributed by atoms with van der Waals surface area (Å²) in [4.78, 5) is 47.8. The van der Waals surface area contributed by atoms with Crippen LogP contribution in [-0.2, 0) is 9.59 Å². The number of methoxy groups -OCH3 is 1. The van der Waals surface area contributed by atoms with Gasteiger partial charge in [-0.25, -0.2) is 0 Å². The van der Waals surface area contributed by atoms with E-state index in [1.165, 1.54) is 0 Å². The Labute approximate surface area is 180 Å². The van der Waals surface area contributed by atoms with E-state index in [2.05, 4.69) is 32.4 Å². The Morgan fingerprint density at radius 1 is 1.26 bits per heavy atom. The third-order valence-corrected chi connectivity index (χ3v) is 5.98. The van der Waals surface area contributed by atoms with Gasteiger partial charge in [0.2, 0.25) is 17.8 Å². The summed E-state index contributed by atoms with van der Waals surface area (Å²) in [5.74, 6) is -0.393. The molecule has 9 nitrogen and oxygen atoms in total. The largest absolute Gasteiger partial charge is 0.497 e. The Morgan fingerprint density at radius 2 is 2.03 bits per heavy atom. The molecule has 0 aliphatic carbocycles. The topological polar surface area (TPSA) is 116 Å². The van der Waals surface area contributed by atoms with E-state index in [1.807, 2.05) is 0 Å². The maximum atomic E-state index is 13.0. The normalized spacial score (nSPS) is 20.6. The lowest BCUT2D eigenvalue weighted by molar-refractivity contribution is -0.123. The summed E-state index contributed by atoms with van der Waals surface area (Å²) in [6, 6.07) is 7.14. The zero-order chi connectivity index (χ0) is 22.0. The number of piperidine rings is 1. The maximum absolute atomic E-state index is 13.0. The standard InChI is InChI=1S/C22H27N5O4/c1-3-14-6-4-5-11-27(14)22-25-19-18(21(30)26-22)16(12-17(28)24-19)20(29)23-13-7-9-15(31-2)10-8-13/h7-10,14,16H,3-6,11-12H2,1-2H3,(H,23,29)(H2,24,25,26,28,30)/t14-,16-/m0/s1. The number of hydrogen-bond donors (Lipinski definition) is 3. The molecule has 3 heterocycles. The fourth-order valence-corrected chi connectivity index (χ4v) is 4.33. The van der Waals surface area contributed by atoms with Crippen LogP contribution in [0.15, 0.2) is 29.1 Å². The molecular weight excluding hydrogens is 398 g/mol. The highest BCUT2D eigenvalue weighted by Crippen LogP contribution is 2.32. The third kappa shape index (κ3) is 4.26. The lowest BCUT2D eigenvalue weighted by Crippen LogP contribution is -2.43. The number of amides is 2. The molecule has 4 rings (SSSR count). The fraction of sp³-hybridized carbons (Fsp3) is 0.455. The van der Waals surface area contributed by atoms with Gasteiger partial charge >= 0.3 is 0 Å². The SMILES string of the molecule is CC[C@H]1CCCCN1c1nc2c(c(=O)[nH]1)[C@@H](C(=O)Nc1ccc(OC)cc1)CC(=O)N2. The molecule has 164 valence electrons. The van der Waals surface area contributed by atoms with Crippen LogP contribution in [0.3, 0.4) is 0 Å². The Bertz CT molecular complexity index is 1030. The number of benzene rings is 1. The first kappa shape index (κ1) is 20.9. The van der Waals surface area contributed by atoms with Gasteiger partial charge in [-0.2, -0.15) is 4.98 Å². The number of carbonyl (C=O) groups excluding carboxylic acids is 2. The van der Waals surface area contributed by atoms with Crippen molar-refractivity contribution >= 4 is 29.3 Å². The number of aromatic nitrogens is 2. The number of fused-ring (bicyclic) bond motifs is 1. The monoisotopic (exact) mass is 425 g/mol. The minimum atomic E-state index is -0.917. The van der Waals surface area contributed by atoms with E-state index in [0.29, 0.717) is 23.4 Å².